The third-order valence-corrected chi connectivity index (χ3v) is 2.92. The fourth-order valence-corrected chi connectivity index (χ4v) is 1.81. The molecule has 0 aromatic heterocycles. The van der Waals surface area contributed by atoms with Crippen molar-refractivity contribution in [3.05, 3.63) is 0 Å². The highest BCUT2D eigenvalue weighted by atomic mass is 16.6. The first-order valence-corrected chi connectivity index (χ1v) is 6.25. The normalized spacial score (nSPS) is 25.4. The molecule has 4 nitrogen and oxygen atoms in total. The molecule has 2 N–H and O–H groups in total. The lowest BCUT2D eigenvalue weighted by Crippen LogP contribution is -2.31. The number of unbranched alkanes of at least 4 members (excludes halogenated alkanes) is 1. The average Bonchev–Trinajstić information content (AvgIpc) is 2.29. The minimum absolute atomic E-state index is 0.0869. The predicted octanol–water partition coefficient (Wildman–Crippen LogP) is 1.62. The van der Waals surface area contributed by atoms with Crippen LogP contribution in [0, 0.1) is 0 Å². The lowest BCUT2D eigenvalue weighted by molar-refractivity contribution is -0.151. The number of rotatable bonds is 6. The molecule has 0 radical (unpaired) electrons. The van der Waals surface area contributed by atoms with E-state index in [0.29, 0.717) is 12.6 Å². The molecule has 0 atom stereocenters. The Kier molecular flexibility index (Phi) is 6.42. The predicted molar refractivity (Wildman–Crippen MR) is 62.1 cm³/mol. The molecule has 0 spiro atoms. The molecule has 1 aliphatic carbocycles. The van der Waals surface area contributed by atoms with E-state index in [9.17, 15) is 4.79 Å². The third-order valence-electron chi connectivity index (χ3n) is 2.92. The van der Waals surface area contributed by atoms with Gasteiger partial charge in [-0.3, -0.25) is 0 Å². The maximum Gasteiger partial charge on any atom is 0.332 e. The van der Waals surface area contributed by atoms with Crippen LogP contribution in [0.1, 0.15) is 45.4 Å². The van der Waals surface area contributed by atoms with E-state index in [-0.39, 0.29) is 18.7 Å². The Labute approximate surface area is 97.5 Å². The summed E-state index contributed by atoms with van der Waals surface area (Å²) in [7, 11) is 0. The van der Waals surface area contributed by atoms with E-state index in [1.54, 1.807) is 0 Å². The van der Waals surface area contributed by atoms with E-state index < -0.39 is 0 Å². The van der Waals surface area contributed by atoms with Gasteiger partial charge in [-0.2, -0.15) is 0 Å². The summed E-state index contributed by atoms with van der Waals surface area (Å²) in [5, 5.41) is 0. The Morgan fingerprint density at radius 2 is 2.00 bits per heavy atom. The van der Waals surface area contributed by atoms with E-state index in [4.69, 9.17) is 15.2 Å². The first-order valence-electron chi connectivity index (χ1n) is 6.25. The molecular weight excluding hydrogens is 206 g/mol. The molecule has 1 aliphatic rings. The molecule has 0 amide bonds. The van der Waals surface area contributed by atoms with Gasteiger partial charge in [0.05, 0.1) is 12.7 Å². The summed E-state index contributed by atoms with van der Waals surface area (Å²) in [6.07, 6.45) is 6.06. The average molecular weight is 229 g/mol. The van der Waals surface area contributed by atoms with Crippen LogP contribution in [0.3, 0.4) is 0 Å². The van der Waals surface area contributed by atoms with Crippen LogP contribution in [-0.2, 0) is 14.3 Å². The molecule has 0 saturated heterocycles. The molecule has 94 valence electrons. The SMILES string of the molecule is CCCCOC(=O)COC1CCC(N)CC1. The molecule has 0 unspecified atom stereocenters. The molecule has 1 saturated carbocycles. The molecule has 0 bridgehead atoms. The molecule has 16 heavy (non-hydrogen) atoms. The van der Waals surface area contributed by atoms with Gasteiger partial charge in [-0.15, -0.1) is 0 Å². The van der Waals surface area contributed by atoms with Gasteiger partial charge in [0.15, 0.2) is 0 Å². The van der Waals surface area contributed by atoms with Crippen molar-refractivity contribution < 1.29 is 14.3 Å². The second kappa shape index (κ2) is 7.63. The number of ether oxygens (including phenoxy) is 2. The van der Waals surface area contributed by atoms with Crippen LogP contribution in [0.4, 0.5) is 0 Å². The first kappa shape index (κ1) is 13.5. The number of carbonyl (C=O) groups is 1. The molecule has 0 aliphatic heterocycles. The van der Waals surface area contributed by atoms with Crippen LogP contribution in [0.2, 0.25) is 0 Å². The molecule has 0 aromatic rings. The zero-order chi connectivity index (χ0) is 11.8. The summed E-state index contributed by atoms with van der Waals surface area (Å²) in [6.45, 7) is 2.66. The molecule has 0 heterocycles. The summed E-state index contributed by atoms with van der Waals surface area (Å²) >= 11 is 0. The fourth-order valence-electron chi connectivity index (χ4n) is 1.81. The van der Waals surface area contributed by atoms with Crippen LogP contribution in [0.25, 0.3) is 0 Å². The van der Waals surface area contributed by atoms with Gasteiger partial charge in [0.2, 0.25) is 0 Å². The van der Waals surface area contributed by atoms with E-state index >= 15 is 0 Å². The van der Waals surface area contributed by atoms with Crippen LogP contribution in [0.5, 0.6) is 0 Å². The number of nitrogens with two attached hydrogens (primary N) is 1. The standard InChI is InChI=1S/C12H23NO3/c1-2-3-8-15-12(14)9-16-11-6-4-10(13)5-7-11/h10-11H,2-9,13H2,1H3. The maximum absolute atomic E-state index is 11.3. The first-order chi connectivity index (χ1) is 7.72. The molecular formula is C12H23NO3. The summed E-state index contributed by atoms with van der Waals surface area (Å²) in [5.41, 5.74) is 5.79. The lowest BCUT2D eigenvalue weighted by atomic mass is 9.94. The second-order valence-electron chi connectivity index (χ2n) is 4.42. The third kappa shape index (κ3) is 5.47. The van der Waals surface area contributed by atoms with E-state index in [0.717, 1.165) is 38.5 Å². The Morgan fingerprint density at radius 3 is 2.62 bits per heavy atom. The lowest BCUT2D eigenvalue weighted by Gasteiger charge is -2.25. The molecule has 0 aromatic carbocycles. The van der Waals surface area contributed by atoms with Crippen molar-refractivity contribution in [2.24, 2.45) is 5.73 Å². The highest BCUT2D eigenvalue weighted by Gasteiger charge is 2.19. The van der Waals surface area contributed by atoms with Crippen molar-refractivity contribution in [3.8, 4) is 0 Å². The van der Waals surface area contributed by atoms with Crippen molar-refractivity contribution in [2.75, 3.05) is 13.2 Å². The second-order valence-corrected chi connectivity index (χ2v) is 4.42. The number of carbonyl (C=O) groups excluding carboxylic acids is 1. The fraction of sp³-hybridized carbons (Fsp3) is 0.917. The number of hydrogen-bond acceptors (Lipinski definition) is 4. The van der Waals surface area contributed by atoms with Gasteiger partial charge in [-0.25, -0.2) is 4.79 Å². The van der Waals surface area contributed by atoms with Gasteiger partial charge in [-0.05, 0) is 32.1 Å². The Balaban J connectivity index is 2.03. The highest BCUT2D eigenvalue weighted by molar-refractivity contribution is 5.70. The van der Waals surface area contributed by atoms with Gasteiger partial charge < -0.3 is 15.2 Å². The van der Waals surface area contributed by atoms with Crippen LogP contribution >= 0.6 is 0 Å². The quantitative estimate of drug-likeness (QED) is 0.555. The molecule has 1 rings (SSSR count). The summed E-state index contributed by atoms with van der Waals surface area (Å²) in [6, 6.07) is 0.316. The Morgan fingerprint density at radius 1 is 1.31 bits per heavy atom. The van der Waals surface area contributed by atoms with Crippen molar-refractivity contribution in [1.29, 1.82) is 0 Å². The van der Waals surface area contributed by atoms with E-state index in [1.165, 1.54) is 0 Å². The smallest absolute Gasteiger partial charge is 0.332 e. The minimum Gasteiger partial charge on any atom is -0.464 e. The van der Waals surface area contributed by atoms with Gasteiger partial charge in [-0.1, -0.05) is 13.3 Å². The Hall–Kier alpha value is -0.610. The largest absolute Gasteiger partial charge is 0.464 e. The minimum atomic E-state index is -0.247. The van der Waals surface area contributed by atoms with Crippen molar-refractivity contribution >= 4 is 5.97 Å². The number of esters is 1. The van der Waals surface area contributed by atoms with Crippen molar-refractivity contribution in [2.45, 2.75) is 57.6 Å². The van der Waals surface area contributed by atoms with Crippen molar-refractivity contribution in [3.63, 3.8) is 0 Å². The maximum atomic E-state index is 11.3. The summed E-state index contributed by atoms with van der Waals surface area (Å²) < 4.78 is 10.5. The van der Waals surface area contributed by atoms with Crippen LogP contribution < -0.4 is 5.73 Å². The van der Waals surface area contributed by atoms with E-state index in [1.807, 2.05) is 0 Å². The summed E-state index contributed by atoms with van der Waals surface area (Å²) in [4.78, 5) is 11.3. The Bertz CT molecular complexity index is 200. The van der Waals surface area contributed by atoms with Gasteiger partial charge in [0.25, 0.3) is 0 Å². The molecule has 1 fully saturated rings. The highest BCUT2D eigenvalue weighted by Crippen LogP contribution is 2.19. The zero-order valence-electron chi connectivity index (χ0n) is 10.1. The van der Waals surface area contributed by atoms with Crippen LogP contribution in [-0.4, -0.2) is 31.3 Å². The van der Waals surface area contributed by atoms with Gasteiger partial charge in [0, 0.05) is 6.04 Å². The molecule has 4 heteroatoms. The van der Waals surface area contributed by atoms with Gasteiger partial charge >= 0.3 is 5.97 Å². The zero-order valence-corrected chi connectivity index (χ0v) is 10.1. The number of hydrogen-bond donors (Lipinski definition) is 1. The monoisotopic (exact) mass is 229 g/mol. The summed E-state index contributed by atoms with van der Waals surface area (Å²) in [5.74, 6) is -0.247. The topological polar surface area (TPSA) is 61.5 Å². The van der Waals surface area contributed by atoms with E-state index in [2.05, 4.69) is 6.92 Å². The van der Waals surface area contributed by atoms with Crippen LogP contribution in [0.15, 0.2) is 0 Å². The van der Waals surface area contributed by atoms with Gasteiger partial charge in [0.1, 0.15) is 6.61 Å². The van der Waals surface area contributed by atoms with Crippen molar-refractivity contribution in [1.82, 2.24) is 0 Å².